The fraction of sp³-hybridized carbons (Fsp3) is 0.250. The van der Waals surface area contributed by atoms with Crippen molar-refractivity contribution in [3.05, 3.63) is 68.9 Å². The lowest BCUT2D eigenvalue weighted by molar-refractivity contribution is -0.116. The highest BCUT2D eigenvalue weighted by atomic mass is 32.2. The number of hydrogen-bond acceptors (Lipinski definition) is 5. The number of para-hydroxylation sites is 1. The Labute approximate surface area is 172 Å². The third-order valence-electron chi connectivity index (χ3n) is 4.54. The van der Waals surface area contributed by atoms with Crippen molar-refractivity contribution in [2.75, 3.05) is 15.8 Å². The molecule has 10 heteroatoms. The minimum absolute atomic E-state index is 0.0172. The maximum absolute atomic E-state index is 12.6. The molecule has 1 amide bonds. The second kappa shape index (κ2) is 8.54. The molecule has 0 aliphatic carbocycles. The first-order chi connectivity index (χ1) is 14.2. The van der Waals surface area contributed by atoms with Crippen LogP contribution in [-0.4, -0.2) is 29.6 Å². The molecule has 0 unspecified atom stereocenters. The van der Waals surface area contributed by atoms with Crippen LogP contribution in [0.1, 0.15) is 18.9 Å². The first-order valence-corrected chi connectivity index (χ1v) is 11.0. The van der Waals surface area contributed by atoms with E-state index in [2.05, 4.69) is 15.0 Å². The van der Waals surface area contributed by atoms with E-state index in [-0.39, 0.29) is 5.75 Å². The molecule has 2 aromatic carbocycles. The molecule has 0 radical (unpaired) electrons. The molecule has 0 fully saturated rings. The Morgan fingerprint density at radius 1 is 1.07 bits per heavy atom. The van der Waals surface area contributed by atoms with Gasteiger partial charge in [0, 0.05) is 5.69 Å². The van der Waals surface area contributed by atoms with E-state index in [1.807, 2.05) is 0 Å². The Morgan fingerprint density at radius 3 is 2.50 bits per heavy atom. The van der Waals surface area contributed by atoms with Crippen molar-refractivity contribution < 1.29 is 13.2 Å². The second-order valence-corrected chi connectivity index (χ2v) is 8.66. The van der Waals surface area contributed by atoms with E-state index in [9.17, 15) is 22.8 Å². The summed E-state index contributed by atoms with van der Waals surface area (Å²) >= 11 is 0. The van der Waals surface area contributed by atoms with Crippen molar-refractivity contribution in [3.63, 3.8) is 0 Å². The molecule has 0 atom stereocenters. The number of hydrogen-bond donors (Lipinski definition) is 3. The fourth-order valence-corrected chi connectivity index (χ4v) is 4.24. The van der Waals surface area contributed by atoms with E-state index >= 15 is 0 Å². The molecule has 3 rings (SSSR count). The Hall–Kier alpha value is -3.40. The number of aromatic amines is 1. The Balaban J connectivity index is 1.84. The van der Waals surface area contributed by atoms with Gasteiger partial charge in [-0.3, -0.25) is 18.9 Å². The number of nitrogens with one attached hydrogen (secondary N) is 3. The third kappa shape index (κ3) is 4.60. The van der Waals surface area contributed by atoms with Crippen LogP contribution >= 0.6 is 0 Å². The van der Waals surface area contributed by atoms with Crippen molar-refractivity contribution in [1.29, 1.82) is 0 Å². The molecule has 158 valence electrons. The smallest absolute Gasteiger partial charge is 0.324 e. The SMILES string of the molecule is CCCS(=O)(=O)Nc1cccc(NC(=O)Cn2c(=O)[nH]c3ccccc3c2=O)c1C. The molecule has 0 aliphatic rings. The predicted molar refractivity (Wildman–Crippen MR) is 116 cm³/mol. The van der Waals surface area contributed by atoms with Crippen LogP contribution in [0.5, 0.6) is 0 Å². The van der Waals surface area contributed by atoms with Crippen molar-refractivity contribution in [2.24, 2.45) is 0 Å². The molecule has 1 heterocycles. The van der Waals surface area contributed by atoms with Gasteiger partial charge in [0.25, 0.3) is 5.56 Å². The van der Waals surface area contributed by atoms with Gasteiger partial charge < -0.3 is 10.3 Å². The number of fused-ring (bicyclic) bond motifs is 1. The second-order valence-electron chi connectivity index (χ2n) is 6.81. The molecule has 30 heavy (non-hydrogen) atoms. The van der Waals surface area contributed by atoms with Gasteiger partial charge in [0.05, 0.1) is 22.3 Å². The van der Waals surface area contributed by atoms with Gasteiger partial charge >= 0.3 is 5.69 Å². The highest BCUT2D eigenvalue weighted by Gasteiger charge is 2.15. The maximum atomic E-state index is 12.6. The largest absolute Gasteiger partial charge is 0.329 e. The van der Waals surface area contributed by atoms with E-state index in [0.29, 0.717) is 34.3 Å². The van der Waals surface area contributed by atoms with E-state index < -0.39 is 33.7 Å². The summed E-state index contributed by atoms with van der Waals surface area (Å²) in [6.07, 6.45) is 0.472. The van der Waals surface area contributed by atoms with Gasteiger partial charge in [-0.2, -0.15) is 0 Å². The number of sulfonamides is 1. The van der Waals surface area contributed by atoms with Crippen LogP contribution in [0.15, 0.2) is 52.1 Å². The number of anilines is 2. The van der Waals surface area contributed by atoms with Crippen molar-refractivity contribution >= 4 is 38.2 Å². The van der Waals surface area contributed by atoms with Crippen LogP contribution in [0.2, 0.25) is 0 Å². The van der Waals surface area contributed by atoms with E-state index in [1.54, 1.807) is 56.3 Å². The number of nitrogens with zero attached hydrogens (tertiary/aromatic N) is 1. The Bertz CT molecular complexity index is 1330. The molecular weight excluding hydrogens is 408 g/mol. The average molecular weight is 430 g/mol. The fourth-order valence-electron chi connectivity index (χ4n) is 3.04. The number of H-pyrrole nitrogens is 1. The lowest BCUT2D eigenvalue weighted by atomic mass is 10.1. The minimum atomic E-state index is -3.49. The highest BCUT2D eigenvalue weighted by molar-refractivity contribution is 7.92. The lowest BCUT2D eigenvalue weighted by Gasteiger charge is -2.14. The van der Waals surface area contributed by atoms with E-state index in [1.165, 1.54) is 0 Å². The average Bonchev–Trinajstić information content (AvgIpc) is 2.68. The van der Waals surface area contributed by atoms with Crippen LogP contribution in [0.25, 0.3) is 10.9 Å². The van der Waals surface area contributed by atoms with Gasteiger partial charge in [0.2, 0.25) is 15.9 Å². The summed E-state index contributed by atoms with van der Waals surface area (Å²) in [4.78, 5) is 39.9. The van der Waals surface area contributed by atoms with Crippen molar-refractivity contribution in [1.82, 2.24) is 9.55 Å². The molecule has 0 aliphatic heterocycles. The third-order valence-corrected chi connectivity index (χ3v) is 6.01. The number of carbonyl (C=O) groups is 1. The molecule has 1 aromatic heterocycles. The van der Waals surface area contributed by atoms with Crippen molar-refractivity contribution in [3.8, 4) is 0 Å². The molecular formula is C20H22N4O5S. The normalized spacial score (nSPS) is 11.4. The monoisotopic (exact) mass is 430 g/mol. The van der Waals surface area contributed by atoms with Gasteiger partial charge in [-0.05, 0) is 43.2 Å². The summed E-state index contributed by atoms with van der Waals surface area (Å²) in [6.45, 7) is 2.94. The molecule has 3 aromatic rings. The van der Waals surface area contributed by atoms with E-state index in [4.69, 9.17) is 0 Å². The number of benzene rings is 2. The number of aromatic nitrogens is 2. The molecule has 0 spiro atoms. The standard InChI is InChI=1S/C20H22N4O5S/c1-3-11-30(28,29)23-16-10-6-9-15(13(16)2)21-18(25)12-24-19(26)14-7-4-5-8-17(14)22-20(24)27/h4-10,23H,3,11-12H2,1-2H3,(H,21,25)(H,22,27). The number of carbonyl (C=O) groups excluding carboxylic acids is 1. The quantitative estimate of drug-likeness (QED) is 0.526. The van der Waals surface area contributed by atoms with Gasteiger partial charge in [-0.15, -0.1) is 0 Å². The molecule has 3 N–H and O–H groups in total. The zero-order valence-electron chi connectivity index (χ0n) is 16.6. The van der Waals surface area contributed by atoms with Gasteiger partial charge in [-0.1, -0.05) is 25.1 Å². The molecule has 0 bridgehead atoms. The predicted octanol–water partition coefficient (Wildman–Crippen LogP) is 1.79. The zero-order chi connectivity index (χ0) is 21.9. The van der Waals surface area contributed by atoms with Crippen molar-refractivity contribution in [2.45, 2.75) is 26.8 Å². The molecule has 9 nitrogen and oxygen atoms in total. The summed E-state index contributed by atoms with van der Waals surface area (Å²) in [5.41, 5.74) is 0.384. The van der Waals surface area contributed by atoms with Gasteiger partial charge in [-0.25, -0.2) is 13.2 Å². The minimum Gasteiger partial charge on any atom is -0.324 e. The first-order valence-electron chi connectivity index (χ1n) is 9.33. The maximum Gasteiger partial charge on any atom is 0.329 e. The van der Waals surface area contributed by atoms with Crippen LogP contribution in [0, 0.1) is 6.92 Å². The summed E-state index contributed by atoms with van der Waals surface area (Å²) in [7, 11) is -3.49. The van der Waals surface area contributed by atoms with Crippen LogP contribution in [0.3, 0.4) is 0 Å². The lowest BCUT2D eigenvalue weighted by Crippen LogP contribution is -2.38. The first kappa shape index (κ1) is 21.3. The van der Waals surface area contributed by atoms with Crippen LogP contribution in [-0.2, 0) is 21.4 Å². The Morgan fingerprint density at radius 2 is 1.77 bits per heavy atom. The Kier molecular flexibility index (Phi) is 6.06. The highest BCUT2D eigenvalue weighted by Crippen LogP contribution is 2.24. The topological polar surface area (TPSA) is 130 Å². The summed E-state index contributed by atoms with van der Waals surface area (Å²) in [6, 6.07) is 11.3. The zero-order valence-corrected chi connectivity index (χ0v) is 17.4. The summed E-state index contributed by atoms with van der Waals surface area (Å²) in [5.74, 6) is -0.606. The van der Waals surface area contributed by atoms with Gasteiger partial charge in [0.15, 0.2) is 0 Å². The summed E-state index contributed by atoms with van der Waals surface area (Å²) < 4.78 is 27.4. The number of rotatable bonds is 7. The van der Waals surface area contributed by atoms with E-state index in [0.717, 1.165) is 4.57 Å². The molecule has 0 saturated heterocycles. The van der Waals surface area contributed by atoms with Crippen LogP contribution < -0.4 is 21.3 Å². The van der Waals surface area contributed by atoms with Crippen LogP contribution in [0.4, 0.5) is 11.4 Å². The number of amides is 1. The summed E-state index contributed by atoms with van der Waals surface area (Å²) in [5, 5.41) is 2.93. The molecule has 0 saturated carbocycles. The van der Waals surface area contributed by atoms with Gasteiger partial charge in [0.1, 0.15) is 6.54 Å².